The summed E-state index contributed by atoms with van der Waals surface area (Å²) in [5, 5.41) is 31.3. The summed E-state index contributed by atoms with van der Waals surface area (Å²) < 4.78 is 0. The summed E-state index contributed by atoms with van der Waals surface area (Å²) in [5.41, 5.74) is 1.52. The molecule has 0 bridgehead atoms. The smallest absolute Gasteiger partial charge is 0.216 e. The van der Waals surface area contributed by atoms with Gasteiger partial charge in [-0.3, -0.25) is 4.79 Å². The van der Waals surface area contributed by atoms with Gasteiger partial charge in [0.1, 0.15) is 6.10 Å². The number of aliphatic hydroxyl groups is 3. The highest BCUT2D eigenvalue weighted by Gasteiger charge is 2.18. The minimum Gasteiger partial charge on any atom is -0.396 e. The first kappa shape index (κ1) is 15.6. The zero-order chi connectivity index (χ0) is 14.3. The van der Waals surface area contributed by atoms with Gasteiger partial charge in [-0.25, -0.2) is 0 Å². The molecule has 2 atom stereocenters. The Morgan fingerprint density at radius 1 is 1.37 bits per heavy atom. The molecule has 0 saturated carbocycles. The second-order valence-electron chi connectivity index (χ2n) is 4.50. The molecule has 0 spiro atoms. The lowest BCUT2D eigenvalue weighted by atomic mass is 9.99. The molecule has 19 heavy (non-hydrogen) atoms. The van der Waals surface area contributed by atoms with E-state index < -0.39 is 12.2 Å². The van der Waals surface area contributed by atoms with Crippen LogP contribution < -0.4 is 5.32 Å². The van der Waals surface area contributed by atoms with Crippen LogP contribution in [0.1, 0.15) is 30.6 Å². The van der Waals surface area contributed by atoms with Crippen molar-refractivity contribution in [3.63, 3.8) is 0 Å². The number of amides is 1. The highest BCUT2D eigenvalue weighted by Crippen LogP contribution is 2.20. The number of hydrogen-bond donors (Lipinski definition) is 4. The third-order valence-electron chi connectivity index (χ3n) is 2.87. The first-order chi connectivity index (χ1) is 9.04. The van der Waals surface area contributed by atoms with Gasteiger partial charge in [-0.2, -0.15) is 0 Å². The second-order valence-corrected chi connectivity index (χ2v) is 4.50. The van der Waals surface area contributed by atoms with Crippen LogP contribution in [0.15, 0.2) is 24.3 Å². The highest BCUT2D eigenvalue weighted by atomic mass is 16.3. The van der Waals surface area contributed by atoms with Crippen molar-refractivity contribution >= 4 is 5.91 Å². The average molecular weight is 267 g/mol. The van der Waals surface area contributed by atoms with Crippen molar-refractivity contribution in [2.24, 2.45) is 0 Å². The van der Waals surface area contributed by atoms with Gasteiger partial charge in [0.05, 0.1) is 6.10 Å². The minimum absolute atomic E-state index is 0.0463. The first-order valence-corrected chi connectivity index (χ1v) is 6.35. The predicted molar refractivity (Wildman–Crippen MR) is 71.5 cm³/mol. The molecule has 0 aliphatic rings. The van der Waals surface area contributed by atoms with Crippen molar-refractivity contribution in [3.05, 3.63) is 35.4 Å². The molecule has 1 rings (SSSR count). The lowest BCUT2D eigenvalue weighted by Crippen LogP contribution is -2.27. The van der Waals surface area contributed by atoms with Crippen LogP contribution in [0.25, 0.3) is 0 Å². The van der Waals surface area contributed by atoms with Gasteiger partial charge in [-0.1, -0.05) is 24.3 Å². The molecule has 0 aliphatic carbocycles. The van der Waals surface area contributed by atoms with E-state index in [1.807, 2.05) is 6.07 Å². The maximum Gasteiger partial charge on any atom is 0.216 e. The normalized spacial score (nSPS) is 13.9. The zero-order valence-corrected chi connectivity index (χ0v) is 11.0. The van der Waals surface area contributed by atoms with Crippen LogP contribution in [0.4, 0.5) is 0 Å². The van der Waals surface area contributed by atoms with Gasteiger partial charge in [0.15, 0.2) is 0 Å². The Morgan fingerprint density at radius 2 is 2.11 bits per heavy atom. The Bertz CT molecular complexity index is 408. The molecule has 106 valence electrons. The van der Waals surface area contributed by atoms with Crippen LogP contribution in [0.5, 0.6) is 0 Å². The fraction of sp³-hybridized carbons (Fsp3) is 0.500. The molecule has 4 N–H and O–H groups in total. The number of aliphatic hydroxyl groups excluding tert-OH is 3. The quantitative estimate of drug-likeness (QED) is 0.566. The number of rotatable bonds is 7. The van der Waals surface area contributed by atoms with Crippen LogP contribution in [0, 0.1) is 0 Å². The molecule has 5 nitrogen and oxygen atoms in total. The van der Waals surface area contributed by atoms with Crippen LogP contribution in [0.3, 0.4) is 0 Å². The van der Waals surface area contributed by atoms with E-state index in [-0.39, 0.29) is 18.9 Å². The molecule has 5 heteroatoms. The SMILES string of the molecule is CC(=O)NCCC(O)C(O)c1cccc(CCO)c1. The van der Waals surface area contributed by atoms with Crippen LogP contribution in [-0.2, 0) is 11.2 Å². The molecule has 0 heterocycles. The third kappa shape index (κ3) is 5.38. The molecule has 1 amide bonds. The van der Waals surface area contributed by atoms with Crippen LogP contribution in [-0.4, -0.2) is 40.5 Å². The molecule has 1 aromatic rings. The monoisotopic (exact) mass is 267 g/mol. The second kappa shape index (κ2) is 7.89. The first-order valence-electron chi connectivity index (χ1n) is 6.35. The average Bonchev–Trinajstić information content (AvgIpc) is 2.38. The summed E-state index contributed by atoms with van der Waals surface area (Å²) in [5.74, 6) is -0.161. The standard InChI is InChI=1S/C14H21NO4/c1-10(17)15-7-5-13(18)14(19)12-4-2-3-11(9-12)6-8-16/h2-4,9,13-14,16,18-19H,5-8H2,1H3,(H,15,17). The van der Waals surface area contributed by atoms with Crippen molar-refractivity contribution in [2.75, 3.05) is 13.2 Å². The van der Waals surface area contributed by atoms with Crippen LogP contribution >= 0.6 is 0 Å². The summed E-state index contributed by atoms with van der Waals surface area (Å²) in [4.78, 5) is 10.7. The van der Waals surface area contributed by atoms with Crippen molar-refractivity contribution in [3.8, 4) is 0 Å². The molecule has 0 aliphatic heterocycles. The van der Waals surface area contributed by atoms with E-state index in [0.29, 0.717) is 18.5 Å². The summed E-state index contributed by atoms with van der Waals surface area (Å²) in [7, 11) is 0. The maximum atomic E-state index is 10.7. The molecule has 1 aromatic carbocycles. The number of hydrogen-bond acceptors (Lipinski definition) is 4. The number of carbonyl (C=O) groups is 1. The van der Waals surface area contributed by atoms with Gasteiger partial charge in [0, 0.05) is 20.1 Å². The number of benzene rings is 1. The molecule has 0 saturated heterocycles. The Kier molecular flexibility index (Phi) is 6.49. The molecule has 0 radical (unpaired) electrons. The Labute approximate surface area is 112 Å². The van der Waals surface area contributed by atoms with Crippen molar-refractivity contribution in [1.82, 2.24) is 5.32 Å². The van der Waals surface area contributed by atoms with E-state index in [0.717, 1.165) is 5.56 Å². The van der Waals surface area contributed by atoms with E-state index >= 15 is 0 Å². The molecule has 2 unspecified atom stereocenters. The maximum absolute atomic E-state index is 10.7. The lowest BCUT2D eigenvalue weighted by Gasteiger charge is -2.18. The van der Waals surface area contributed by atoms with Crippen molar-refractivity contribution in [1.29, 1.82) is 0 Å². The molecular weight excluding hydrogens is 246 g/mol. The summed E-state index contributed by atoms with van der Waals surface area (Å²) in [6.45, 7) is 1.77. The number of carbonyl (C=O) groups excluding carboxylic acids is 1. The molecular formula is C14H21NO4. The van der Waals surface area contributed by atoms with Gasteiger partial charge < -0.3 is 20.6 Å². The van der Waals surface area contributed by atoms with E-state index in [9.17, 15) is 15.0 Å². The van der Waals surface area contributed by atoms with E-state index in [1.54, 1.807) is 18.2 Å². The fourth-order valence-electron chi connectivity index (χ4n) is 1.84. The topological polar surface area (TPSA) is 89.8 Å². The van der Waals surface area contributed by atoms with E-state index in [4.69, 9.17) is 5.11 Å². The minimum atomic E-state index is -0.993. The number of nitrogens with one attached hydrogen (secondary N) is 1. The third-order valence-corrected chi connectivity index (χ3v) is 2.87. The summed E-state index contributed by atoms with van der Waals surface area (Å²) >= 11 is 0. The Balaban J connectivity index is 2.57. The van der Waals surface area contributed by atoms with Gasteiger partial charge in [0.25, 0.3) is 0 Å². The fourth-order valence-corrected chi connectivity index (χ4v) is 1.84. The Hall–Kier alpha value is -1.43. The van der Waals surface area contributed by atoms with Crippen LogP contribution in [0.2, 0.25) is 0 Å². The lowest BCUT2D eigenvalue weighted by molar-refractivity contribution is -0.119. The molecule has 0 fully saturated rings. The van der Waals surface area contributed by atoms with E-state index in [2.05, 4.69) is 5.32 Å². The zero-order valence-electron chi connectivity index (χ0n) is 11.0. The summed E-state index contributed by atoms with van der Waals surface area (Å²) in [6.07, 6.45) is -1.13. The molecule has 0 aromatic heterocycles. The predicted octanol–water partition coefficient (Wildman–Crippen LogP) is 0.142. The largest absolute Gasteiger partial charge is 0.396 e. The van der Waals surface area contributed by atoms with Crippen molar-refractivity contribution < 1.29 is 20.1 Å². The highest BCUT2D eigenvalue weighted by molar-refractivity contribution is 5.72. The van der Waals surface area contributed by atoms with Gasteiger partial charge in [0.2, 0.25) is 5.91 Å². The van der Waals surface area contributed by atoms with Gasteiger partial charge in [-0.05, 0) is 24.0 Å². The van der Waals surface area contributed by atoms with E-state index in [1.165, 1.54) is 6.92 Å². The van der Waals surface area contributed by atoms with Crippen molar-refractivity contribution in [2.45, 2.75) is 32.0 Å². The summed E-state index contributed by atoms with van der Waals surface area (Å²) in [6, 6.07) is 7.13. The van der Waals surface area contributed by atoms with Gasteiger partial charge >= 0.3 is 0 Å². The van der Waals surface area contributed by atoms with Gasteiger partial charge in [-0.15, -0.1) is 0 Å². The Morgan fingerprint density at radius 3 is 2.74 bits per heavy atom.